The fourth-order valence-electron chi connectivity index (χ4n) is 3.28. The number of halogens is 6. The standard InChI is InChI=1S/C21H22F6N4O6S2/c1-10(32)28-8-13-9-31(39(34,35)17-16(20(22,23)24)29-11(2)38-17)14-7-12(5-6-15(14)36-13)30-18(33)37-19(3,4)21(25,26)27/h5-7,13H,8-9H2,1-4H3,(H,28,32)(H,30,33). The van der Waals surface area contributed by atoms with E-state index in [1.165, 1.54) is 13.8 Å². The SMILES string of the molecule is CC(=O)NCC1CN(S(=O)(=O)c2sc(C)nc2C(F)(F)F)c2cc(NC(=O)OC(C)(C)C(F)(F)F)ccc2O1. The highest BCUT2D eigenvalue weighted by Gasteiger charge is 2.51. The molecule has 0 fully saturated rings. The lowest BCUT2D eigenvalue weighted by Crippen LogP contribution is -2.48. The van der Waals surface area contributed by atoms with Crippen molar-refractivity contribution in [3.8, 4) is 5.75 Å². The Morgan fingerprint density at radius 3 is 2.41 bits per heavy atom. The Morgan fingerprint density at radius 1 is 1.21 bits per heavy atom. The summed E-state index contributed by atoms with van der Waals surface area (Å²) in [5.74, 6) is -0.624. The number of carbonyl (C=O) groups excluding carboxylic acids is 2. The van der Waals surface area contributed by atoms with Crippen molar-refractivity contribution in [2.45, 2.75) is 56.0 Å². The summed E-state index contributed by atoms with van der Waals surface area (Å²) in [6, 6.07) is 3.31. The van der Waals surface area contributed by atoms with E-state index in [0.717, 1.165) is 18.2 Å². The molecule has 2 aromatic rings. The van der Waals surface area contributed by atoms with E-state index >= 15 is 0 Å². The lowest BCUT2D eigenvalue weighted by atomic mass is 10.1. The van der Waals surface area contributed by atoms with Crippen LogP contribution in [-0.4, -0.2) is 56.4 Å². The van der Waals surface area contributed by atoms with Crippen LogP contribution >= 0.6 is 11.3 Å². The predicted octanol–water partition coefficient (Wildman–Crippen LogP) is 4.45. The Hall–Kier alpha value is -3.28. The van der Waals surface area contributed by atoms with Crippen molar-refractivity contribution < 1.29 is 53.8 Å². The number of carbonyl (C=O) groups is 2. The van der Waals surface area contributed by atoms with Gasteiger partial charge in [-0.2, -0.15) is 26.3 Å². The molecule has 2 N–H and O–H groups in total. The summed E-state index contributed by atoms with van der Waals surface area (Å²) in [6.07, 6.45) is -12.6. The van der Waals surface area contributed by atoms with E-state index in [1.54, 1.807) is 0 Å². The van der Waals surface area contributed by atoms with Gasteiger partial charge in [0, 0.05) is 12.6 Å². The number of ether oxygens (including phenoxy) is 2. The van der Waals surface area contributed by atoms with E-state index in [-0.39, 0.29) is 28.7 Å². The number of aryl methyl sites for hydroxylation is 1. The first-order chi connectivity index (χ1) is 17.7. The third-order valence-corrected chi connectivity index (χ3v) is 8.48. The molecule has 216 valence electrons. The number of hydrogen-bond donors (Lipinski definition) is 2. The van der Waals surface area contributed by atoms with Gasteiger partial charge in [0.15, 0.2) is 9.90 Å². The van der Waals surface area contributed by atoms with E-state index in [9.17, 15) is 44.3 Å². The number of aromatic nitrogens is 1. The molecule has 0 bridgehead atoms. The van der Waals surface area contributed by atoms with Gasteiger partial charge in [-0.3, -0.25) is 14.4 Å². The zero-order chi connectivity index (χ0) is 29.6. The molecule has 2 heterocycles. The molecule has 39 heavy (non-hydrogen) atoms. The summed E-state index contributed by atoms with van der Waals surface area (Å²) in [5.41, 5.74) is -5.04. The molecule has 0 aliphatic carbocycles. The molecule has 10 nitrogen and oxygen atoms in total. The van der Waals surface area contributed by atoms with Gasteiger partial charge in [-0.25, -0.2) is 18.2 Å². The van der Waals surface area contributed by atoms with Gasteiger partial charge in [-0.15, -0.1) is 11.3 Å². The molecule has 3 rings (SSSR count). The topological polar surface area (TPSA) is 127 Å². The largest absolute Gasteiger partial charge is 0.484 e. The van der Waals surface area contributed by atoms with E-state index in [2.05, 4.69) is 15.0 Å². The van der Waals surface area contributed by atoms with Gasteiger partial charge in [0.25, 0.3) is 10.0 Å². The molecule has 1 aliphatic heterocycles. The number of thiazole rings is 1. The van der Waals surface area contributed by atoms with Crippen LogP contribution < -0.4 is 19.7 Å². The fraction of sp³-hybridized carbons (Fsp3) is 0.476. The molecule has 1 unspecified atom stereocenters. The van der Waals surface area contributed by atoms with Crippen LogP contribution in [0.1, 0.15) is 31.5 Å². The highest BCUT2D eigenvalue weighted by Crippen LogP contribution is 2.43. The van der Waals surface area contributed by atoms with Crippen LogP contribution in [0.2, 0.25) is 0 Å². The second-order valence-corrected chi connectivity index (χ2v) is 12.0. The molecule has 1 aliphatic rings. The summed E-state index contributed by atoms with van der Waals surface area (Å²) in [5, 5.41) is 4.29. The highest BCUT2D eigenvalue weighted by molar-refractivity contribution is 7.94. The Morgan fingerprint density at radius 2 is 1.85 bits per heavy atom. The minimum Gasteiger partial charge on any atom is -0.484 e. The predicted molar refractivity (Wildman–Crippen MR) is 126 cm³/mol. The van der Waals surface area contributed by atoms with Gasteiger partial charge in [0.1, 0.15) is 11.9 Å². The number of amides is 2. The van der Waals surface area contributed by atoms with E-state index in [4.69, 9.17) is 4.74 Å². The molecule has 18 heteroatoms. The van der Waals surface area contributed by atoms with Crippen molar-refractivity contribution in [1.82, 2.24) is 10.3 Å². The molecule has 1 aromatic heterocycles. The first-order valence-electron chi connectivity index (χ1n) is 10.9. The van der Waals surface area contributed by atoms with Gasteiger partial charge in [-0.1, -0.05) is 0 Å². The van der Waals surface area contributed by atoms with Crippen LogP contribution in [0.3, 0.4) is 0 Å². The van der Waals surface area contributed by atoms with Crippen LogP contribution in [0.4, 0.5) is 42.5 Å². The lowest BCUT2D eigenvalue weighted by molar-refractivity contribution is -0.242. The van der Waals surface area contributed by atoms with Crippen LogP contribution in [0.5, 0.6) is 5.75 Å². The molecular weight excluding hydrogens is 582 g/mol. The van der Waals surface area contributed by atoms with E-state index < -0.39 is 62.5 Å². The first-order valence-corrected chi connectivity index (χ1v) is 13.2. The van der Waals surface area contributed by atoms with Gasteiger partial charge in [-0.05, 0) is 39.0 Å². The lowest BCUT2D eigenvalue weighted by Gasteiger charge is -2.35. The fourth-order valence-corrected chi connectivity index (χ4v) is 6.36. The Labute approximate surface area is 222 Å². The molecule has 0 spiro atoms. The minimum absolute atomic E-state index is 0.149. The number of benzene rings is 1. The molecule has 1 aromatic carbocycles. The Kier molecular flexibility index (Phi) is 8.04. The molecule has 1 atom stereocenters. The van der Waals surface area contributed by atoms with Crippen molar-refractivity contribution in [2.75, 3.05) is 22.7 Å². The second kappa shape index (κ2) is 10.4. The first kappa shape index (κ1) is 30.3. The Bertz CT molecular complexity index is 1370. The van der Waals surface area contributed by atoms with Crippen molar-refractivity contribution in [1.29, 1.82) is 0 Å². The Balaban J connectivity index is 2.04. The van der Waals surface area contributed by atoms with Crippen LogP contribution in [-0.2, 0) is 25.7 Å². The maximum absolute atomic E-state index is 13.6. The third-order valence-electron chi connectivity index (χ3n) is 5.24. The van der Waals surface area contributed by atoms with Gasteiger partial charge in [0.05, 0.1) is 23.8 Å². The number of rotatable bonds is 6. The number of alkyl halides is 6. The van der Waals surface area contributed by atoms with Gasteiger partial charge >= 0.3 is 18.4 Å². The highest BCUT2D eigenvalue weighted by atomic mass is 32.2. The molecule has 2 amide bonds. The maximum Gasteiger partial charge on any atom is 0.435 e. The van der Waals surface area contributed by atoms with E-state index in [0.29, 0.717) is 29.5 Å². The average Bonchev–Trinajstić information content (AvgIpc) is 3.19. The van der Waals surface area contributed by atoms with Crippen LogP contribution in [0.15, 0.2) is 22.4 Å². The van der Waals surface area contributed by atoms with Crippen molar-refractivity contribution in [3.63, 3.8) is 0 Å². The number of fused-ring (bicyclic) bond motifs is 1. The van der Waals surface area contributed by atoms with Crippen LogP contribution in [0.25, 0.3) is 0 Å². The maximum atomic E-state index is 13.6. The number of nitrogens with zero attached hydrogens (tertiary/aromatic N) is 2. The second-order valence-electron chi connectivity index (χ2n) is 8.78. The van der Waals surface area contributed by atoms with Crippen molar-refractivity contribution in [3.05, 3.63) is 28.9 Å². The molecule has 0 saturated carbocycles. The smallest absolute Gasteiger partial charge is 0.435 e. The summed E-state index contributed by atoms with van der Waals surface area (Å²) < 4.78 is 117. The third kappa shape index (κ3) is 6.66. The molecule has 0 radical (unpaired) electrons. The zero-order valence-electron chi connectivity index (χ0n) is 20.7. The van der Waals surface area contributed by atoms with Gasteiger partial charge < -0.3 is 14.8 Å². The molecule has 0 saturated heterocycles. The van der Waals surface area contributed by atoms with Crippen LogP contribution in [0, 0.1) is 6.92 Å². The average molecular weight is 605 g/mol. The number of hydrogen-bond acceptors (Lipinski definition) is 8. The normalized spacial score (nSPS) is 16.3. The summed E-state index contributed by atoms with van der Waals surface area (Å²) in [7, 11) is -4.95. The number of nitrogens with one attached hydrogen (secondary N) is 2. The quantitative estimate of drug-likeness (QED) is 0.467. The van der Waals surface area contributed by atoms with Gasteiger partial charge in [0.2, 0.25) is 11.5 Å². The molecular formula is C21H22F6N4O6S2. The number of anilines is 2. The summed E-state index contributed by atoms with van der Waals surface area (Å²) >= 11 is 0.292. The monoisotopic (exact) mass is 604 g/mol. The zero-order valence-corrected chi connectivity index (χ0v) is 22.3. The van der Waals surface area contributed by atoms with Crippen molar-refractivity contribution in [2.24, 2.45) is 0 Å². The van der Waals surface area contributed by atoms with Crippen molar-refractivity contribution >= 4 is 44.7 Å². The number of sulfonamides is 1. The summed E-state index contributed by atoms with van der Waals surface area (Å²) in [4.78, 5) is 26.8. The minimum atomic E-state index is -5.10. The van der Waals surface area contributed by atoms with E-state index in [1.807, 2.05) is 5.32 Å². The summed E-state index contributed by atoms with van der Waals surface area (Å²) in [6.45, 7) is 2.87.